The lowest BCUT2D eigenvalue weighted by molar-refractivity contribution is -0.124. The lowest BCUT2D eigenvalue weighted by atomic mass is 10.1. The minimum absolute atomic E-state index is 0.0301. The number of fused-ring (bicyclic) bond motifs is 2. The molecule has 29 heavy (non-hydrogen) atoms. The van der Waals surface area contributed by atoms with Gasteiger partial charge >= 0.3 is 0 Å². The van der Waals surface area contributed by atoms with Gasteiger partial charge in [-0.05, 0) is 36.4 Å². The van der Waals surface area contributed by atoms with Crippen LogP contribution >= 0.6 is 11.8 Å². The maximum Gasteiger partial charge on any atom is 0.232 e. The molecule has 2 aromatic carbocycles. The van der Waals surface area contributed by atoms with E-state index in [-0.39, 0.29) is 24.2 Å². The van der Waals surface area contributed by atoms with Crippen molar-refractivity contribution >= 4 is 35.0 Å². The van der Waals surface area contributed by atoms with E-state index in [0.717, 1.165) is 28.4 Å². The molecular formula is C22H22N2O4S. The van der Waals surface area contributed by atoms with Gasteiger partial charge < -0.3 is 19.3 Å². The van der Waals surface area contributed by atoms with Crippen LogP contribution in [-0.2, 0) is 9.59 Å². The first-order valence-corrected chi connectivity index (χ1v) is 10.9. The monoisotopic (exact) mass is 410 g/mol. The number of para-hydroxylation sites is 1. The molecular weight excluding hydrogens is 388 g/mol. The maximum absolute atomic E-state index is 13.4. The van der Waals surface area contributed by atoms with Gasteiger partial charge in [0, 0.05) is 36.2 Å². The van der Waals surface area contributed by atoms with E-state index in [1.165, 1.54) is 0 Å². The summed E-state index contributed by atoms with van der Waals surface area (Å²) >= 11 is 1.79. The van der Waals surface area contributed by atoms with Crippen LogP contribution in [0.3, 0.4) is 0 Å². The standard InChI is InChI=1S/C22H22N2O4S/c25-21-12-15(14-24(21)16-6-7-18-19(13-16)28-10-9-27-18)22(26)23-8-3-11-29-20-5-2-1-4-17(20)23/h1-2,4-7,13,15H,3,8-12,14H2. The number of rotatable bonds is 2. The Kier molecular flexibility index (Phi) is 4.83. The van der Waals surface area contributed by atoms with E-state index in [9.17, 15) is 9.59 Å². The largest absolute Gasteiger partial charge is 0.486 e. The van der Waals surface area contributed by atoms with E-state index in [4.69, 9.17) is 9.47 Å². The van der Waals surface area contributed by atoms with E-state index >= 15 is 0 Å². The van der Waals surface area contributed by atoms with Crippen molar-refractivity contribution in [2.24, 2.45) is 5.92 Å². The van der Waals surface area contributed by atoms with Crippen molar-refractivity contribution in [3.8, 4) is 11.5 Å². The zero-order valence-electron chi connectivity index (χ0n) is 16.0. The number of hydrogen-bond acceptors (Lipinski definition) is 5. The van der Waals surface area contributed by atoms with E-state index in [0.29, 0.717) is 37.8 Å². The molecule has 3 aliphatic heterocycles. The minimum Gasteiger partial charge on any atom is -0.486 e. The topological polar surface area (TPSA) is 59.1 Å². The second-order valence-electron chi connectivity index (χ2n) is 7.39. The average Bonchev–Trinajstić information content (AvgIpc) is 3.02. The van der Waals surface area contributed by atoms with Gasteiger partial charge in [0.05, 0.1) is 11.6 Å². The fourth-order valence-corrected chi connectivity index (χ4v) is 5.09. The van der Waals surface area contributed by atoms with Crippen LogP contribution in [0.2, 0.25) is 0 Å². The molecule has 2 amide bonds. The molecule has 6 nitrogen and oxygen atoms in total. The van der Waals surface area contributed by atoms with Crippen LogP contribution in [0, 0.1) is 5.92 Å². The molecule has 2 aromatic rings. The molecule has 0 bridgehead atoms. The lowest BCUT2D eigenvalue weighted by Gasteiger charge is -2.26. The zero-order chi connectivity index (χ0) is 19.8. The highest BCUT2D eigenvalue weighted by Gasteiger charge is 2.38. The summed E-state index contributed by atoms with van der Waals surface area (Å²) in [7, 11) is 0. The van der Waals surface area contributed by atoms with E-state index in [2.05, 4.69) is 6.07 Å². The smallest absolute Gasteiger partial charge is 0.232 e. The highest BCUT2D eigenvalue weighted by atomic mass is 32.2. The normalized spacial score (nSPS) is 21.0. The molecule has 5 rings (SSSR count). The van der Waals surface area contributed by atoms with Gasteiger partial charge in [0.2, 0.25) is 11.8 Å². The first-order chi connectivity index (χ1) is 14.2. The Balaban J connectivity index is 1.37. The Labute approximate surface area is 173 Å². The van der Waals surface area contributed by atoms with Gasteiger partial charge in [-0.15, -0.1) is 11.8 Å². The van der Waals surface area contributed by atoms with Gasteiger partial charge in [0.1, 0.15) is 13.2 Å². The predicted molar refractivity (Wildman–Crippen MR) is 112 cm³/mol. The van der Waals surface area contributed by atoms with Crippen LogP contribution in [0.4, 0.5) is 11.4 Å². The third-order valence-corrected chi connectivity index (χ3v) is 6.67. The molecule has 0 saturated carbocycles. The average molecular weight is 410 g/mol. The molecule has 7 heteroatoms. The molecule has 3 aliphatic rings. The van der Waals surface area contributed by atoms with Crippen molar-refractivity contribution in [3.05, 3.63) is 42.5 Å². The van der Waals surface area contributed by atoms with Crippen LogP contribution in [0.15, 0.2) is 47.4 Å². The van der Waals surface area contributed by atoms with Crippen LogP contribution in [0.25, 0.3) is 0 Å². The second kappa shape index (κ2) is 7.63. The molecule has 0 aliphatic carbocycles. The number of hydrogen-bond donors (Lipinski definition) is 0. The molecule has 1 fully saturated rings. The third-order valence-electron chi connectivity index (χ3n) is 5.52. The molecule has 3 heterocycles. The van der Waals surface area contributed by atoms with E-state index in [1.54, 1.807) is 16.7 Å². The summed E-state index contributed by atoms with van der Waals surface area (Å²) in [4.78, 5) is 30.8. The number of thioether (sulfide) groups is 1. The van der Waals surface area contributed by atoms with Gasteiger partial charge in [-0.1, -0.05) is 12.1 Å². The number of amides is 2. The van der Waals surface area contributed by atoms with Crippen LogP contribution in [-0.4, -0.2) is 43.9 Å². The highest BCUT2D eigenvalue weighted by molar-refractivity contribution is 7.99. The molecule has 0 radical (unpaired) electrons. The summed E-state index contributed by atoms with van der Waals surface area (Å²) < 4.78 is 11.2. The van der Waals surface area contributed by atoms with E-state index in [1.807, 2.05) is 41.3 Å². The number of benzene rings is 2. The van der Waals surface area contributed by atoms with Crippen molar-refractivity contribution in [3.63, 3.8) is 0 Å². The van der Waals surface area contributed by atoms with Crippen molar-refractivity contribution in [1.82, 2.24) is 0 Å². The maximum atomic E-state index is 13.4. The number of nitrogens with zero attached hydrogens (tertiary/aromatic N) is 2. The summed E-state index contributed by atoms with van der Waals surface area (Å²) in [5, 5.41) is 0. The Hall–Kier alpha value is -2.67. The van der Waals surface area contributed by atoms with Crippen molar-refractivity contribution in [2.75, 3.05) is 41.9 Å². The van der Waals surface area contributed by atoms with E-state index < -0.39 is 0 Å². The zero-order valence-corrected chi connectivity index (χ0v) is 16.8. The molecule has 1 saturated heterocycles. The first kappa shape index (κ1) is 18.4. The summed E-state index contributed by atoms with van der Waals surface area (Å²) in [5.41, 5.74) is 1.71. The number of ether oxygens (including phenoxy) is 2. The second-order valence-corrected chi connectivity index (χ2v) is 8.53. The fourth-order valence-electron chi connectivity index (χ4n) is 4.10. The lowest BCUT2D eigenvalue weighted by Crippen LogP contribution is -2.38. The van der Waals surface area contributed by atoms with Crippen molar-refractivity contribution < 1.29 is 19.1 Å². The fraction of sp³-hybridized carbons (Fsp3) is 0.364. The Morgan fingerprint density at radius 1 is 1.07 bits per heavy atom. The van der Waals surface area contributed by atoms with Crippen LogP contribution in [0.1, 0.15) is 12.8 Å². The summed E-state index contributed by atoms with van der Waals surface area (Å²) in [6.45, 7) is 2.11. The molecule has 1 unspecified atom stereocenters. The molecule has 1 atom stereocenters. The van der Waals surface area contributed by atoms with Gasteiger partial charge in [0.15, 0.2) is 11.5 Å². The highest BCUT2D eigenvalue weighted by Crippen LogP contribution is 2.38. The minimum atomic E-state index is -0.341. The summed E-state index contributed by atoms with van der Waals surface area (Å²) in [6.07, 6.45) is 1.18. The number of carbonyl (C=O) groups excluding carboxylic acids is 2. The summed E-state index contributed by atoms with van der Waals surface area (Å²) in [5.74, 6) is 2.00. The Morgan fingerprint density at radius 2 is 1.90 bits per heavy atom. The van der Waals surface area contributed by atoms with Crippen molar-refractivity contribution in [1.29, 1.82) is 0 Å². The first-order valence-electron chi connectivity index (χ1n) is 9.94. The van der Waals surface area contributed by atoms with Crippen LogP contribution in [0.5, 0.6) is 11.5 Å². The van der Waals surface area contributed by atoms with Gasteiger partial charge in [-0.3, -0.25) is 9.59 Å². The number of anilines is 2. The third kappa shape index (κ3) is 3.44. The van der Waals surface area contributed by atoms with Gasteiger partial charge in [0.25, 0.3) is 0 Å². The Bertz CT molecular complexity index is 964. The van der Waals surface area contributed by atoms with Gasteiger partial charge in [-0.25, -0.2) is 0 Å². The summed E-state index contributed by atoms with van der Waals surface area (Å²) in [6, 6.07) is 13.5. The SMILES string of the molecule is O=C1CC(C(=O)N2CCCSc3ccccc32)CN1c1ccc2c(c1)OCCO2. The molecule has 0 spiro atoms. The van der Waals surface area contributed by atoms with Crippen molar-refractivity contribution in [2.45, 2.75) is 17.7 Å². The number of carbonyl (C=O) groups is 2. The van der Waals surface area contributed by atoms with Crippen LogP contribution < -0.4 is 19.3 Å². The van der Waals surface area contributed by atoms with Gasteiger partial charge in [-0.2, -0.15) is 0 Å². The molecule has 0 aromatic heterocycles. The molecule has 150 valence electrons. The quantitative estimate of drug-likeness (QED) is 0.760. The Morgan fingerprint density at radius 3 is 2.79 bits per heavy atom. The predicted octanol–water partition coefficient (Wildman–Crippen LogP) is 3.34. The molecule has 0 N–H and O–H groups in total.